The summed E-state index contributed by atoms with van der Waals surface area (Å²) in [4.78, 5) is 10.0. The fraction of sp³-hybridized carbons (Fsp3) is 0.190. The molecule has 0 N–H and O–H groups in total. The Bertz CT molecular complexity index is 1870. The molecule has 1 aliphatic rings. The maximum Gasteiger partial charge on any atom is 0.135 e. The number of pyridine rings is 2. The van der Waals surface area contributed by atoms with Gasteiger partial charge < -0.3 is 0 Å². The van der Waals surface area contributed by atoms with Crippen molar-refractivity contribution >= 4 is 0 Å². The van der Waals surface area contributed by atoms with Crippen molar-refractivity contribution in [2.45, 2.75) is 39.5 Å². The Morgan fingerprint density at radius 1 is 0.521 bits per heavy atom. The second-order valence-corrected chi connectivity index (χ2v) is 12.6. The van der Waals surface area contributed by atoms with Gasteiger partial charge in [0.25, 0.3) is 0 Å². The molecular formula is C42H36F4N2. The van der Waals surface area contributed by atoms with E-state index in [0.717, 1.165) is 35.1 Å². The highest BCUT2D eigenvalue weighted by Crippen LogP contribution is 2.45. The lowest BCUT2D eigenvalue weighted by atomic mass is 9.69. The van der Waals surface area contributed by atoms with Gasteiger partial charge in [0.1, 0.15) is 28.7 Å². The van der Waals surface area contributed by atoms with Crippen LogP contribution in [0.25, 0.3) is 22.5 Å². The largest absolute Gasteiger partial charge is 0.251 e. The minimum Gasteiger partial charge on any atom is -0.251 e. The molecule has 1 fully saturated rings. The number of aromatic nitrogens is 2. The average Bonchev–Trinajstić information content (AvgIpc) is 3.73. The number of benzene rings is 4. The molecule has 1 saturated carbocycles. The van der Waals surface area contributed by atoms with Gasteiger partial charge in [0.2, 0.25) is 0 Å². The van der Waals surface area contributed by atoms with Gasteiger partial charge in [0.05, 0.1) is 22.8 Å². The Balaban J connectivity index is 0.000000736. The third kappa shape index (κ3) is 6.40. The molecule has 0 amide bonds. The van der Waals surface area contributed by atoms with Crippen LogP contribution in [0.3, 0.4) is 0 Å². The standard InChI is InChI=1S/C37H26F4N2.C5H10/c1-23-19-27(38)21-29(40)35(23)31-15-9-17-33(42-31)37(25-11-5-3-6-12-25,26-13-7-4-8-14-26)34-18-10-16-32(43-34)36-24(2)20-28(39)22-30(36)41;1-4-3-5(4)2/h3-22H,1-2H3;4-5H,3H2,1-2H3. The van der Waals surface area contributed by atoms with Crippen LogP contribution in [0.1, 0.15) is 53.9 Å². The predicted molar refractivity (Wildman–Crippen MR) is 183 cm³/mol. The number of aryl methyl sites for hydroxylation is 2. The summed E-state index contributed by atoms with van der Waals surface area (Å²) in [6.45, 7) is 7.87. The second-order valence-electron chi connectivity index (χ2n) is 12.6. The highest BCUT2D eigenvalue weighted by atomic mass is 19.1. The first-order chi connectivity index (χ1) is 23.1. The van der Waals surface area contributed by atoms with Gasteiger partial charge in [-0.25, -0.2) is 17.6 Å². The summed E-state index contributed by atoms with van der Waals surface area (Å²) in [5, 5.41) is 0. The van der Waals surface area contributed by atoms with Crippen molar-refractivity contribution in [1.82, 2.24) is 9.97 Å². The van der Waals surface area contributed by atoms with Crippen molar-refractivity contribution in [3.05, 3.63) is 178 Å². The molecule has 1 aliphatic carbocycles. The van der Waals surface area contributed by atoms with E-state index in [0.29, 0.717) is 33.9 Å². The molecule has 48 heavy (non-hydrogen) atoms. The van der Waals surface area contributed by atoms with Crippen molar-refractivity contribution in [1.29, 1.82) is 0 Å². The fourth-order valence-corrected chi connectivity index (χ4v) is 6.39. The zero-order valence-corrected chi connectivity index (χ0v) is 27.3. The first kappa shape index (κ1) is 32.8. The summed E-state index contributed by atoms with van der Waals surface area (Å²) in [7, 11) is 0. The van der Waals surface area contributed by atoms with E-state index >= 15 is 8.78 Å². The summed E-state index contributed by atoms with van der Waals surface area (Å²) in [5.74, 6) is -0.654. The Hall–Kier alpha value is -5.10. The Kier molecular flexibility index (Phi) is 9.27. The molecule has 6 heteroatoms. The quantitative estimate of drug-likeness (QED) is 0.169. The highest BCUT2D eigenvalue weighted by molar-refractivity contribution is 5.68. The first-order valence-corrected chi connectivity index (χ1v) is 16.1. The molecule has 2 heterocycles. The van der Waals surface area contributed by atoms with E-state index in [1.807, 2.05) is 72.8 Å². The van der Waals surface area contributed by atoms with Gasteiger partial charge in [0, 0.05) is 23.3 Å². The summed E-state index contributed by atoms with van der Waals surface area (Å²) >= 11 is 0. The number of rotatable bonds is 6. The monoisotopic (exact) mass is 644 g/mol. The van der Waals surface area contributed by atoms with Crippen LogP contribution in [0.2, 0.25) is 0 Å². The lowest BCUT2D eigenvalue weighted by Crippen LogP contribution is -2.33. The molecule has 0 saturated heterocycles. The van der Waals surface area contributed by atoms with Crippen LogP contribution in [0.4, 0.5) is 17.6 Å². The van der Waals surface area contributed by atoms with Gasteiger partial charge in [-0.3, -0.25) is 9.97 Å². The molecule has 2 aromatic heterocycles. The molecule has 6 aromatic rings. The van der Waals surface area contributed by atoms with Crippen molar-refractivity contribution in [3.63, 3.8) is 0 Å². The maximum atomic E-state index is 15.2. The molecule has 4 aromatic carbocycles. The molecule has 2 atom stereocenters. The molecule has 242 valence electrons. The van der Waals surface area contributed by atoms with Crippen LogP contribution in [-0.4, -0.2) is 9.97 Å². The third-order valence-corrected chi connectivity index (χ3v) is 9.21. The molecular weight excluding hydrogens is 608 g/mol. The third-order valence-electron chi connectivity index (χ3n) is 9.21. The van der Waals surface area contributed by atoms with E-state index < -0.39 is 28.7 Å². The van der Waals surface area contributed by atoms with Gasteiger partial charge in [0.15, 0.2) is 0 Å². The SMILES string of the molecule is CC1CC1C.Cc1cc(F)cc(F)c1-c1cccc(C(c2ccccc2)(c2ccccc2)c2cccc(-c3c(C)cc(F)cc3F)n2)n1. The van der Waals surface area contributed by atoms with Crippen molar-refractivity contribution in [2.75, 3.05) is 0 Å². The molecule has 7 rings (SSSR count). The van der Waals surface area contributed by atoms with Gasteiger partial charge in [-0.2, -0.15) is 0 Å². The van der Waals surface area contributed by atoms with Crippen molar-refractivity contribution < 1.29 is 17.6 Å². The summed E-state index contributed by atoms with van der Waals surface area (Å²) < 4.78 is 58.4. The molecule has 2 unspecified atom stereocenters. The van der Waals surface area contributed by atoms with Crippen molar-refractivity contribution in [3.8, 4) is 22.5 Å². The summed E-state index contributed by atoms with van der Waals surface area (Å²) in [6, 6.07) is 34.2. The first-order valence-electron chi connectivity index (χ1n) is 16.1. The lowest BCUT2D eigenvalue weighted by Gasteiger charge is -2.35. The fourth-order valence-electron chi connectivity index (χ4n) is 6.39. The average molecular weight is 645 g/mol. The van der Waals surface area contributed by atoms with Gasteiger partial charge in [-0.1, -0.05) is 86.6 Å². The smallest absolute Gasteiger partial charge is 0.135 e. The number of hydrogen-bond acceptors (Lipinski definition) is 2. The highest BCUT2D eigenvalue weighted by Gasteiger charge is 2.41. The van der Waals surface area contributed by atoms with Crippen LogP contribution in [0.5, 0.6) is 0 Å². The van der Waals surface area contributed by atoms with E-state index in [1.54, 1.807) is 38.1 Å². The van der Waals surface area contributed by atoms with Crippen molar-refractivity contribution in [2.24, 2.45) is 11.8 Å². The van der Waals surface area contributed by atoms with Gasteiger partial charge in [-0.05, 0) is 90.8 Å². The number of halogens is 4. The van der Waals surface area contributed by atoms with E-state index in [2.05, 4.69) is 13.8 Å². The van der Waals surface area contributed by atoms with E-state index in [4.69, 9.17) is 9.97 Å². The molecule has 0 spiro atoms. The van der Waals surface area contributed by atoms with Crippen LogP contribution in [-0.2, 0) is 5.41 Å². The number of hydrogen-bond donors (Lipinski definition) is 0. The van der Waals surface area contributed by atoms with E-state index in [-0.39, 0.29) is 11.1 Å². The normalized spacial score (nSPS) is 15.4. The molecule has 0 aliphatic heterocycles. The Morgan fingerprint density at radius 2 is 0.896 bits per heavy atom. The van der Waals surface area contributed by atoms with E-state index in [9.17, 15) is 8.78 Å². The Labute approximate surface area is 279 Å². The lowest BCUT2D eigenvalue weighted by molar-refractivity contribution is 0.582. The zero-order chi connectivity index (χ0) is 34.0. The van der Waals surface area contributed by atoms with Gasteiger partial charge >= 0.3 is 0 Å². The van der Waals surface area contributed by atoms with E-state index in [1.165, 1.54) is 18.6 Å². The minimum absolute atomic E-state index is 0.198. The van der Waals surface area contributed by atoms with Gasteiger partial charge in [-0.15, -0.1) is 0 Å². The summed E-state index contributed by atoms with van der Waals surface area (Å²) in [5.41, 5.74) is 3.46. The topological polar surface area (TPSA) is 25.8 Å². The second kappa shape index (κ2) is 13.6. The molecule has 0 bridgehead atoms. The summed E-state index contributed by atoms with van der Waals surface area (Å²) in [6.07, 6.45) is 1.47. The maximum absolute atomic E-state index is 15.2. The zero-order valence-electron chi connectivity index (χ0n) is 27.3. The van der Waals surface area contributed by atoms with Crippen LogP contribution in [0, 0.1) is 49.0 Å². The Morgan fingerprint density at radius 3 is 1.23 bits per heavy atom. The molecule has 0 radical (unpaired) electrons. The predicted octanol–water partition coefficient (Wildman–Crippen LogP) is 11.0. The van der Waals surface area contributed by atoms with Crippen LogP contribution >= 0.6 is 0 Å². The minimum atomic E-state index is -1.14. The number of nitrogens with zero attached hydrogens (tertiary/aromatic N) is 2. The van der Waals surface area contributed by atoms with Crippen LogP contribution < -0.4 is 0 Å². The molecule has 2 nitrogen and oxygen atoms in total. The van der Waals surface area contributed by atoms with Crippen LogP contribution in [0.15, 0.2) is 121 Å².